The van der Waals surface area contributed by atoms with Crippen LogP contribution in [0.4, 0.5) is 0 Å². The van der Waals surface area contributed by atoms with Gasteiger partial charge in [-0.1, -0.05) is 31.5 Å². The molecule has 2 aliphatic carbocycles. The second-order valence-corrected chi connectivity index (χ2v) is 6.53. The Kier molecular flexibility index (Phi) is 2.69. The molecule has 1 saturated carbocycles. The van der Waals surface area contributed by atoms with Gasteiger partial charge in [0.15, 0.2) is 5.78 Å². The van der Waals surface area contributed by atoms with Crippen molar-refractivity contribution >= 4 is 23.4 Å². The largest absolute Gasteiger partial charge is 0.457 e. The molecule has 0 unspecified atom stereocenters. The fraction of sp³-hybridized carbons (Fsp3) is 0.600. The van der Waals surface area contributed by atoms with Crippen molar-refractivity contribution in [1.82, 2.24) is 0 Å². The summed E-state index contributed by atoms with van der Waals surface area (Å²) in [5.41, 5.74) is 1.38. The summed E-state index contributed by atoms with van der Waals surface area (Å²) in [4.78, 5) is 23.9. The average Bonchev–Trinajstić information content (AvgIpc) is 2.61. The fourth-order valence-corrected chi connectivity index (χ4v) is 4.18. The van der Waals surface area contributed by atoms with Gasteiger partial charge in [-0.3, -0.25) is 9.59 Å². The Labute approximate surface area is 117 Å². The molecule has 3 rings (SSSR count). The summed E-state index contributed by atoms with van der Waals surface area (Å²) in [6.45, 7) is 5.79. The number of Topliss-reactive ketones (excluding diaryl/α,β-unsaturated/α-hetero) is 1. The Balaban J connectivity index is 2.12. The summed E-state index contributed by atoms with van der Waals surface area (Å²) in [5.74, 6) is -0.159. The minimum atomic E-state index is -0.249. The number of rotatable bonds is 0. The van der Waals surface area contributed by atoms with Gasteiger partial charge < -0.3 is 4.74 Å². The molecule has 4 heteroatoms. The third-order valence-electron chi connectivity index (χ3n) is 4.95. The maximum atomic E-state index is 12.1. The summed E-state index contributed by atoms with van der Waals surface area (Å²) in [6.07, 6.45) is 3.43. The van der Waals surface area contributed by atoms with Crippen molar-refractivity contribution in [2.75, 3.05) is 0 Å². The number of allylic oxidation sites excluding steroid dienone is 3. The summed E-state index contributed by atoms with van der Waals surface area (Å²) in [7, 11) is 0. The predicted molar refractivity (Wildman–Crippen MR) is 71.5 cm³/mol. The molecule has 1 saturated heterocycles. The Morgan fingerprint density at radius 3 is 2.79 bits per heavy atom. The number of ether oxygens (including phenoxy) is 1. The third kappa shape index (κ3) is 1.64. The highest BCUT2D eigenvalue weighted by Crippen LogP contribution is 2.54. The van der Waals surface area contributed by atoms with Crippen molar-refractivity contribution in [3.05, 3.63) is 22.3 Å². The third-order valence-corrected chi connectivity index (χ3v) is 5.23. The lowest BCUT2D eigenvalue weighted by atomic mass is 9.61. The zero-order valence-corrected chi connectivity index (χ0v) is 12.1. The zero-order chi connectivity index (χ0) is 13.9. The van der Waals surface area contributed by atoms with Gasteiger partial charge in [-0.2, -0.15) is 0 Å². The molecule has 2 fully saturated rings. The molecule has 0 radical (unpaired) electrons. The van der Waals surface area contributed by atoms with E-state index in [2.05, 4.69) is 6.92 Å². The SMILES string of the molecule is CC1=C2[C@@H]3OC(=O)[C@H](C)[C@H]3CC[C@]2(C)C=C(Cl)C1=O. The highest BCUT2D eigenvalue weighted by molar-refractivity contribution is 6.45. The van der Waals surface area contributed by atoms with Gasteiger partial charge in [0.25, 0.3) is 0 Å². The van der Waals surface area contributed by atoms with Crippen molar-refractivity contribution in [2.45, 2.75) is 39.7 Å². The van der Waals surface area contributed by atoms with Crippen LogP contribution in [0.5, 0.6) is 0 Å². The van der Waals surface area contributed by atoms with Crippen LogP contribution in [0.25, 0.3) is 0 Å². The standard InChI is InChI=1S/C15H17ClO3/c1-7-9-4-5-15(3)6-10(16)12(17)8(2)11(15)13(9)19-14(7)18/h6-7,9,13H,4-5H2,1-3H3/t7-,9-,13-,15-/m1/s1. The Hall–Kier alpha value is -1.09. The summed E-state index contributed by atoms with van der Waals surface area (Å²) in [5, 5.41) is 0.291. The quantitative estimate of drug-likeness (QED) is 0.641. The molecule has 3 nitrogen and oxygen atoms in total. The molecular formula is C15H17ClO3. The summed E-state index contributed by atoms with van der Waals surface area (Å²) >= 11 is 6.04. The molecule has 0 aromatic heterocycles. The van der Waals surface area contributed by atoms with Gasteiger partial charge in [0.05, 0.1) is 11.0 Å². The molecule has 1 aliphatic heterocycles. The first-order valence-corrected chi connectivity index (χ1v) is 7.08. The van der Waals surface area contributed by atoms with Crippen LogP contribution in [0.3, 0.4) is 0 Å². The van der Waals surface area contributed by atoms with E-state index in [-0.39, 0.29) is 35.1 Å². The van der Waals surface area contributed by atoms with Gasteiger partial charge in [-0.15, -0.1) is 0 Å². The van der Waals surface area contributed by atoms with E-state index >= 15 is 0 Å². The number of hydrogen-bond donors (Lipinski definition) is 0. The molecule has 0 bridgehead atoms. The van der Waals surface area contributed by atoms with Crippen molar-refractivity contribution in [3.63, 3.8) is 0 Å². The van der Waals surface area contributed by atoms with Gasteiger partial charge in [-0.25, -0.2) is 0 Å². The molecule has 0 aromatic rings. The molecule has 0 aromatic carbocycles. The maximum Gasteiger partial charge on any atom is 0.309 e. The lowest BCUT2D eigenvalue weighted by Crippen LogP contribution is -2.40. The lowest BCUT2D eigenvalue weighted by molar-refractivity contribution is -0.143. The van der Waals surface area contributed by atoms with E-state index in [1.165, 1.54) is 0 Å². The summed E-state index contributed by atoms with van der Waals surface area (Å²) < 4.78 is 5.54. The van der Waals surface area contributed by atoms with E-state index in [4.69, 9.17) is 16.3 Å². The zero-order valence-electron chi connectivity index (χ0n) is 11.3. The van der Waals surface area contributed by atoms with Gasteiger partial charge in [-0.05, 0) is 25.3 Å². The van der Waals surface area contributed by atoms with Gasteiger partial charge in [0, 0.05) is 16.9 Å². The first-order valence-electron chi connectivity index (χ1n) is 6.70. The Bertz CT molecular complexity index is 546. The first kappa shape index (κ1) is 12.9. The molecule has 0 amide bonds. The number of ketones is 1. The Morgan fingerprint density at radius 1 is 1.42 bits per heavy atom. The van der Waals surface area contributed by atoms with Crippen molar-refractivity contribution in [2.24, 2.45) is 17.3 Å². The van der Waals surface area contributed by atoms with Crippen LogP contribution in [0.2, 0.25) is 0 Å². The molecule has 19 heavy (non-hydrogen) atoms. The maximum absolute atomic E-state index is 12.1. The number of fused-ring (bicyclic) bond motifs is 3. The number of esters is 1. The summed E-state index contributed by atoms with van der Waals surface area (Å²) in [6, 6.07) is 0. The average molecular weight is 281 g/mol. The minimum absolute atomic E-state index is 0.0775. The van der Waals surface area contributed by atoms with E-state index in [1.807, 2.05) is 13.0 Å². The normalized spacial score (nSPS) is 41.7. The predicted octanol–water partition coefficient (Wildman–Crippen LogP) is 2.99. The Morgan fingerprint density at radius 2 is 2.11 bits per heavy atom. The molecule has 1 heterocycles. The van der Waals surface area contributed by atoms with E-state index in [9.17, 15) is 9.59 Å². The number of carbonyl (C=O) groups excluding carboxylic acids is 2. The highest BCUT2D eigenvalue weighted by Gasteiger charge is 2.53. The molecular weight excluding hydrogens is 264 g/mol. The van der Waals surface area contributed by atoms with Gasteiger partial charge in [0.2, 0.25) is 0 Å². The molecule has 102 valence electrons. The number of carbonyl (C=O) groups is 2. The highest BCUT2D eigenvalue weighted by atomic mass is 35.5. The van der Waals surface area contributed by atoms with Crippen LogP contribution < -0.4 is 0 Å². The van der Waals surface area contributed by atoms with Crippen LogP contribution in [-0.2, 0) is 14.3 Å². The topological polar surface area (TPSA) is 43.4 Å². The fourth-order valence-electron chi connectivity index (χ4n) is 3.80. The second kappa shape index (κ2) is 3.95. The van der Waals surface area contributed by atoms with E-state index in [0.717, 1.165) is 18.4 Å². The van der Waals surface area contributed by atoms with Crippen LogP contribution in [-0.4, -0.2) is 17.9 Å². The number of hydrogen-bond acceptors (Lipinski definition) is 3. The molecule has 0 N–H and O–H groups in total. The second-order valence-electron chi connectivity index (χ2n) is 6.13. The number of halogens is 1. The van der Waals surface area contributed by atoms with Crippen molar-refractivity contribution in [1.29, 1.82) is 0 Å². The van der Waals surface area contributed by atoms with Crippen LogP contribution in [0.1, 0.15) is 33.6 Å². The molecule has 4 atom stereocenters. The first-order chi connectivity index (χ1) is 8.85. The van der Waals surface area contributed by atoms with Crippen LogP contribution >= 0.6 is 11.6 Å². The van der Waals surface area contributed by atoms with Gasteiger partial charge in [0.1, 0.15) is 6.10 Å². The monoisotopic (exact) mass is 280 g/mol. The van der Waals surface area contributed by atoms with E-state index in [0.29, 0.717) is 10.6 Å². The van der Waals surface area contributed by atoms with Crippen LogP contribution in [0, 0.1) is 17.3 Å². The lowest BCUT2D eigenvalue weighted by Gasteiger charge is -2.43. The van der Waals surface area contributed by atoms with E-state index < -0.39 is 0 Å². The van der Waals surface area contributed by atoms with Crippen molar-refractivity contribution in [3.8, 4) is 0 Å². The van der Waals surface area contributed by atoms with Gasteiger partial charge >= 0.3 is 5.97 Å². The van der Waals surface area contributed by atoms with Crippen LogP contribution in [0.15, 0.2) is 22.3 Å². The smallest absolute Gasteiger partial charge is 0.309 e. The minimum Gasteiger partial charge on any atom is -0.457 e. The molecule has 3 aliphatic rings. The van der Waals surface area contributed by atoms with E-state index in [1.54, 1.807) is 6.92 Å². The molecule has 0 spiro atoms. The van der Waals surface area contributed by atoms with Crippen molar-refractivity contribution < 1.29 is 14.3 Å².